The van der Waals surface area contributed by atoms with E-state index in [2.05, 4.69) is 10.6 Å². The lowest BCUT2D eigenvalue weighted by Crippen LogP contribution is -2.51. The Morgan fingerprint density at radius 2 is 1.71 bits per heavy atom. The number of hydrogen-bond donors (Lipinski definition) is 2. The number of amides is 4. The van der Waals surface area contributed by atoms with Crippen LogP contribution in [-0.2, 0) is 9.59 Å². The topological polar surface area (TPSA) is 84.5 Å². The number of hydrogen-bond acceptors (Lipinski definition) is 4. The van der Waals surface area contributed by atoms with Crippen LogP contribution >= 0.6 is 0 Å². The summed E-state index contributed by atoms with van der Waals surface area (Å²) in [5.74, 6) is -0.864. The minimum atomic E-state index is -0.817. The number of benzene rings is 2. The van der Waals surface area contributed by atoms with Crippen LogP contribution in [0.2, 0.25) is 0 Å². The van der Waals surface area contributed by atoms with Crippen LogP contribution in [0, 0.1) is 0 Å². The summed E-state index contributed by atoms with van der Waals surface area (Å²) >= 11 is 0. The Hall–Kier alpha value is -3.15. The third kappa shape index (κ3) is 2.99. The Labute approximate surface area is 138 Å². The van der Waals surface area contributed by atoms with E-state index in [0.717, 1.165) is 17.2 Å². The van der Waals surface area contributed by atoms with Crippen molar-refractivity contribution >= 4 is 34.7 Å². The zero-order valence-electron chi connectivity index (χ0n) is 13.1. The quantitative estimate of drug-likeness (QED) is 0.668. The van der Waals surface area contributed by atoms with E-state index < -0.39 is 17.8 Å². The van der Waals surface area contributed by atoms with Gasteiger partial charge >= 0.3 is 6.03 Å². The highest BCUT2D eigenvalue weighted by Crippen LogP contribution is 2.30. The molecular formula is C18H16N2O4. The molecule has 6 nitrogen and oxygen atoms in total. The smallest absolute Gasteiger partial charge is 0.328 e. The molecule has 1 saturated heterocycles. The maximum atomic E-state index is 12.0. The van der Waals surface area contributed by atoms with Crippen LogP contribution in [0.5, 0.6) is 5.75 Å². The molecule has 0 bridgehead atoms. The predicted molar refractivity (Wildman–Crippen MR) is 89.4 cm³/mol. The van der Waals surface area contributed by atoms with E-state index >= 15 is 0 Å². The normalized spacial score (nSPS) is 14.4. The molecule has 6 heteroatoms. The molecule has 2 aromatic rings. The maximum absolute atomic E-state index is 12.0. The number of barbiturate groups is 1. The van der Waals surface area contributed by atoms with Crippen LogP contribution < -0.4 is 15.4 Å². The number of fused-ring (bicyclic) bond motifs is 1. The fourth-order valence-electron chi connectivity index (χ4n) is 2.51. The van der Waals surface area contributed by atoms with Crippen molar-refractivity contribution in [1.82, 2.24) is 10.6 Å². The molecule has 0 aliphatic carbocycles. The number of carbonyl (C=O) groups is 3. The molecule has 1 aliphatic rings. The molecular weight excluding hydrogens is 308 g/mol. The molecule has 4 amide bonds. The van der Waals surface area contributed by atoms with Gasteiger partial charge in [0.2, 0.25) is 0 Å². The Bertz CT molecular complexity index is 848. The molecule has 1 aliphatic heterocycles. The predicted octanol–water partition coefficient (Wildman–Crippen LogP) is 2.38. The van der Waals surface area contributed by atoms with E-state index in [-0.39, 0.29) is 5.57 Å². The molecule has 0 unspecified atom stereocenters. The van der Waals surface area contributed by atoms with Crippen molar-refractivity contribution in [2.24, 2.45) is 0 Å². The molecule has 0 atom stereocenters. The summed E-state index contributed by atoms with van der Waals surface area (Å²) in [6, 6.07) is 10.5. The van der Waals surface area contributed by atoms with Crippen LogP contribution in [0.3, 0.4) is 0 Å². The summed E-state index contributed by atoms with van der Waals surface area (Å²) in [4.78, 5) is 35.1. The molecule has 1 heterocycles. The molecule has 0 aromatic heterocycles. The fraction of sp³-hybridized carbons (Fsp3) is 0.167. The summed E-state index contributed by atoms with van der Waals surface area (Å²) < 4.78 is 5.75. The summed E-state index contributed by atoms with van der Waals surface area (Å²) in [5, 5.41) is 5.96. The zero-order chi connectivity index (χ0) is 17.1. The van der Waals surface area contributed by atoms with Gasteiger partial charge in [0, 0.05) is 5.56 Å². The van der Waals surface area contributed by atoms with Crippen molar-refractivity contribution < 1.29 is 19.1 Å². The van der Waals surface area contributed by atoms with Gasteiger partial charge in [0.05, 0.1) is 6.61 Å². The second kappa shape index (κ2) is 6.54. The lowest BCUT2D eigenvalue weighted by atomic mass is 10.00. The molecule has 1 fully saturated rings. The van der Waals surface area contributed by atoms with Gasteiger partial charge in [-0.15, -0.1) is 0 Å². The third-order valence-corrected chi connectivity index (χ3v) is 3.62. The van der Waals surface area contributed by atoms with Crippen molar-refractivity contribution in [3.63, 3.8) is 0 Å². The minimum absolute atomic E-state index is 0.132. The van der Waals surface area contributed by atoms with Crippen molar-refractivity contribution in [2.45, 2.75) is 13.3 Å². The van der Waals surface area contributed by atoms with Gasteiger partial charge in [-0.3, -0.25) is 20.2 Å². The number of carbonyl (C=O) groups excluding carboxylic acids is 3. The highest BCUT2D eigenvalue weighted by molar-refractivity contribution is 6.31. The zero-order valence-corrected chi connectivity index (χ0v) is 13.1. The Kier molecular flexibility index (Phi) is 4.29. The second-order valence-corrected chi connectivity index (χ2v) is 5.34. The number of rotatable bonds is 4. The first-order chi connectivity index (χ1) is 11.6. The second-order valence-electron chi connectivity index (χ2n) is 5.34. The summed E-state index contributed by atoms with van der Waals surface area (Å²) in [6.45, 7) is 2.51. The first-order valence-corrected chi connectivity index (χ1v) is 7.63. The molecule has 2 aromatic carbocycles. The van der Waals surface area contributed by atoms with Crippen molar-refractivity contribution in [3.8, 4) is 5.75 Å². The molecule has 3 rings (SSSR count). The molecule has 2 N–H and O–H groups in total. The van der Waals surface area contributed by atoms with E-state index in [0.29, 0.717) is 17.9 Å². The van der Waals surface area contributed by atoms with Crippen molar-refractivity contribution in [2.75, 3.05) is 6.61 Å². The van der Waals surface area contributed by atoms with Gasteiger partial charge in [-0.25, -0.2) is 4.79 Å². The van der Waals surface area contributed by atoms with Crippen LogP contribution in [0.15, 0.2) is 42.0 Å². The van der Waals surface area contributed by atoms with E-state index in [4.69, 9.17) is 4.74 Å². The van der Waals surface area contributed by atoms with Crippen molar-refractivity contribution in [1.29, 1.82) is 0 Å². The molecule has 0 saturated carbocycles. The maximum Gasteiger partial charge on any atom is 0.328 e. The SMILES string of the molecule is CCCOc1ccc2ccccc2c1C=C1C(=O)NC(=O)NC1=O. The van der Waals surface area contributed by atoms with Crippen LogP contribution in [0.25, 0.3) is 16.8 Å². The Morgan fingerprint density at radius 1 is 1.00 bits per heavy atom. The first-order valence-electron chi connectivity index (χ1n) is 7.63. The van der Waals surface area contributed by atoms with E-state index in [1.54, 1.807) is 0 Å². The van der Waals surface area contributed by atoms with E-state index in [9.17, 15) is 14.4 Å². The third-order valence-electron chi connectivity index (χ3n) is 3.62. The lowest BCUT2D eigenvalue weighted by Gasteiger charge is -2.16. The minimum Gasteiger partial charge on any atom is -0.493 e. The standard InChI is InChI=1S/C18H16N2O4/c1-2-9-24-15-8-7-11-5-3-4-6-12(11)13(15)10-14-16(21)19-18(23)20-17(14)22/h3-8,10H,2,9H2,1H3,(H2,19,20,21,22,23). The number of imide groups is 2. The van der Waals surface area contributed by atoms with Crippen LogP contribution in [-0.4, -0.2) is 24.5 Å². The summed E-state index contributed by atoms with van der Waals surface area (Å²) in [5.41, 5.74) is 0.503. The number of ether oxygens (including phenoxy) is 1. The van der Waals surface area contributed by atoms with Crippen molar-refractivity contribution in [3.05, 3.63) is 47.5 Å². The van der Waals surface area contributed by atoms with Crippen LogP contribution in [0.1, 0.15) is 18.9 Å². The van der Waals surface area contributed by atoms with Gasteiger partial charge in [-0.2, -0.15) is 0 Å². The van der Waals surface area contributed by atoms with Gasteiger partial charge in [0.1, 0.15) is 11.3 Å². The lowest BCUT2D eigenvalue weighted by molar-refractivity contribution is -0.123. The van der Waals surface area contributed by atoms with E-state index in [1.807, 2.05) is 43.3 Å². The molecule has 24 heavy (non-hydrogen) atoms. The summed E-state index contributed by atoms with van der Waals surface area (Å²) in [7, 11) is 0. The number of nitrogens with one attached hydrogen (secondary N) is 2. The Morgan fingerprint density at radius 3 is 2.42 bits per heavy atom. The highest BCUT2D eigenvalue weighted by atomic mass is 16.5. The van der Waals surface area contributed by atoms with Gasteiger partial charge in [0.25, 0.3) is 11.8 Å². The molecule has 122 valence electrons. The first kappa shape index (κ1) is 15.7. The largest absolute Gasteiger partial charge is 0.493 e. The summed E-state index contributed by atoms with van der Waals surface area (Å²) in [6.07, 6.45) is 2.29. The highest BCUT2D eigenvalue weighted by Gasteiger charge is 2.28. The fourth-order valence-corrected chi connectivity index (χ4v) is 2.51. The number of urea groups is 1. The van der Waals surface area contributed by atoms with Gasteiger partial charge in [0.15, 0.2) is 0 Å². The van der Waals surface area contributed by atoms with Gasteiger partial charge < -0.3 is 4.74 Å². The molecule has 0 spiro atoms. The Balaban J connectivity index is 2.15. The average molecular weight is 324 g/mol. The average Bonchev–Trinajstić information content (AvgIpc) is 2.56. The monoisotopic (exact) mass is 324 g/mol. The van der Waals surface area contributed by atoms with Crippen LogP contribution in [0.4, 0.5) is 4.79 Å². The van der Waals surface area contributed by atoms with Gasteiger partial charge in [-0.1, -0.05) is 37.3 Å². The molecule has 0 radical (unpaired) electrons. The van der Waals surface area contributed by atoms with Gasteiger partial charge in [-0.05, 0) is 29.3 Å². The van der Waals surface area contributed by atoms with E-state index in [1.165, 1.54) is 6.08 Å².